The number of ether oxygens (including phenoxy) is 1. The number of carbonyl (C=O) groups is 1. The number of rotatable bonds is 4. The van der Waals surface area contributed by atoms with E-state index in [1.807, 2.05) is 0 Å². The lowest BCUT2D eigenvalue weighted by atomic mass is 10.4. The largest absolute Gasteiger partial charge is 0.733 e. The minimum absolute atomic E-state index is 0.00593. The zero-order valence-corrected chi connectivity index (χ0v) is 8.73. The average Bonchev–Trinajstić information content (AvgIpc) is 2.26. The maximum atomic E-state index is 10.8. The molecule has 0 atom stereocenters. The van der Waals surface area contributed by atoms with Crippen molar-refractivity contribution in [2.75, 3.05) is 18.1 Å². The molecular weight excluding hydrogens is 220 g/mol. The van der Waals surface area contributed by atoms with Crippen molar-refractivity contribution in [2.24, 2.45) is 0 Å². The van der Waals surface area contributed by atoms with Crippen LogP contribution in [0.25, 0.3) is 0 Å². The van der Waals surface area contributed by atoms with Crippen molar-refractivity contribution in [3.63, 3.8) is 0 Å². The fourth-order valence-electron chi connectivity index (χ4n) is 0.825. The van der Waals surface area contributed by atoms with Crippen molar-refractivity contribution in [3.05, 3.63) is 23.5 Å². The van der Waals surface area contributed by atoms with Gasteiger partial charge in [-0.3, -0.25) is 10.0 Å². The smallest absolute Gasteiger partial charge is 0.316 e. The minimum atomic E-state index is -0.424. The van der Waals surface area contributed by atoms with E-state index in [4.69, 9.17) is 5.21 Å². The zero-order chi connectivity index (χ0) is 11.3. The second-order valence-corrected chi connectivity index (χ2v) is 3.43. The Morgan fingerprint density at radius 1 is 1.80 bits per heavy atom. The van der Waals surface area contributed by atoms with Crippen molar-refractivity contribution in [2.45, 2.75) is 5.03 Å². The second-order valence-electron chi connectivity index (χ2n) is 2.47. The highest BCUT2D eigenvalue weighted by Gasteiger charge is 2.07. The summed E-state index contributed by atoms with van der Waals surface area (Å²) in [5.41, 5.74) is 0.00593. The molecule has 0 fully saturated rings. The Kier molecular flexibility index (Phi) is 4.35. The summed E-state index contributed by atoms with van der Waals surface area (Å²) >= 11 is 1.02. The third kappa shape index (κ3) is 3.39. The van der Waals surface area contributed by atoms with Crippen LogP contribution in [-0.2, 0) is 9.53 Å². The molecule has 0 saturated heterocycles. The zero-order valence-electron chi connectivity index (χ0n) is 7.91. The summed E-state index contributed by atoms with van der Waals surface area (Å²) in [6.07, 6.45) is 1.46. The third-order valence-electron chi connectivity index (χ3n) is 1.51. The van der Waals surface area contributed by atoms with Crippen LogP contribution in [0.1, 0.15) is 0 Å². The van der Waals surface area contributed by atoms with Crippen LogP contribution in [-0.4, -0.2) is 29.0 Å². The maximum absolute atomic E-state index is 10.8. The molecule has 6 nitrogen and oxygen atoms in total. The Balaban J connectivity index is 2.71. The highest BCUT2D eigenvalue weighted by atomic mass is 32.2. The van der Waals surface area contributed by atoms with Crippen LogP contribution >= 0.6 is 11.8 Å². The molecule has 0 aliphatic rings. The molecule has 1 heterocycles. The summed E-state index contributed by atoms with van der Waals surface area (Å²) in [5, 5.41) is 19.4. The SMILES string of the molecule is COC(=O)CSc1ncccc1N([O-])O. The molecule has 0 aliphatic carbocycles. The van der Waals surface area contributed by atoms with E-state index in [9.17, 15) is 10.0 Å². The molecule has 1 aromatic rings. The molecular formula is C8H9N2O4S-. The van der Waals surface area contributed by atoms with Crippen molar-refractivity contribution < 1.29 is 14.7 Å². The highest BCUT2D eigenvalue weighted by molar-refractivity contribution is 8.00. The Labute approximate surface area is 90.4 Å². The van der Waals surface area contributed by atoms with Gasteiger partial charge in [0, 0.05) is 6.20 Å². The lowest BCUT2D eigenvalue weighted by Crippen LogP contribution is -2.10. The monoisotopic (exact) mass is 229 g/mol. The molecule has 0 saturated carbocycles. The van der Waals surface area contributed by atoms with Gasteiger partial charge in [-0.05, 0) is 12.1 Å². The van der Waals surface area contributed by atoms with Crippen molar-refractivity contribution in [1.29, 1.82) is 0 Å². The molecule has 7 heteroatoms. The highest BCUT2D eigenvalue weighted by Crippen LogP contribution is 2.26. The number of hydrogen-bond acceptors (Lipinski definition) is 7. The van der Waals surface area contributed by atoms with Crippen LogP contribution < -0.4 is 5.23 Å². The van der Waals surface area contributed by atoms with Crippen LogP contribution in [0.15, 0.2) is 23.4 Å². The summed E-state index contributed by atoms with van der Waals surface area (Å²) in [4.78, 5) is 14.7. The minimum Gasteiger partial charge on any atom is -0.733 e. The summed E-state index contributed by atoms with van der Waals surface area (Å²) in [6.45, 7) is 0. The molecule has 0 spiro atoms. The van der Waals surface area contributed by atoms with Gasteiger partial charge in [0.05, 0.1) is 18.6 Å². The Morgan fingerprint density at radius 2 is 2.53 bits per heavy atom. The number of aromatic nitrogens is 1. The second kappa shape index (κ2) is 5.54. The molecule has 0 unspecified atom stereocenters. The number of nitrogens with zero attached hydrogens (tertiary/aromatic N) is 2. The first-order valence-corrected chi connectivity index (χ1v) is 4.94. The lowest BCUT2D eigenvalue weighted by Gasteiger charge is -2.23. The number of pyridine rings is 1. The number of methoxy groups -OCH3 is 1. The van der Waals surface area contributed by atoms with Crippen molar-refractivity contribution in [1.82, 2.24) is 4.98 Å². The predicted molar refractivity (Wildman–Crippen MR) is 54.6 cm³/mol. The fraction of sp³-hybridized carbons (Fsp3) is 0.250. The summed E-state index contributed by atoms with van der Waals surface area (Å²) in [6, 6.07) is 2.91. The molecule has 1 rings (SSSR count). The van der Waals surface area contributed by atoms with E-state index in [0.717, 1.165) is 11.8 Å². The Bertz CT molecular complexity index is 345. The van der Waals surface area contributed by atoms with E-state index in [1.165, 1.54) is 25.4 Å². The van der Waals surface area contributed by atoms with E-state index < -0.39 is 5.97 Å². The quantitative estimate of drug-likeness (QED) is 0.469. The first kappa shape index (κ1) is 11.8. The van der Waals surface area contributed by atoms with Gasteiger partial charge in [-0.15, -0.1) is 0 Å². The number of carbonyl (C=O) groups excluding carboxylic acids is 1. The predicted octanol–water partition coefficient (Wildman–Crippen LogP) is 1.04. The van der Waals surface area contributed by atoms with Gasteiger partial charge in [0.1, 0.15) is 5.03 Å². The topological polar surface area (TPSA) is 85.7 Å². The van der Waals surface area contributed by atoms with E-state index in [0.29, 0.717) is 0 Å². The van der Waals surface area contributed by atoms with Gasteiger partial charge < -0.3 is 15.2 Å². The van der Waals surface area contributed by atoms with Gasteiger partial charge in [0.25, 0.3) is 0 Å². The number of esters is 1. The van der Waals surface area contributed by atoms with Crippen LogP contribution in [0.5, 0.6) is 0 Å². The first-order valence-electron chi connectivity index (χ1n) is 3.96. The maximum Gasteiger partial charge on any atom is 0.316 e. The van der Waals surface area contributed by atoms with Crippen LogP contribution in [0, 0.1) is 5.21 Å². The molecule has 0 aromatic carbocycles. The lowest BCUT2D eigenvalue weighted by molar-refractivity contribution is -0.137. The standard InChI is InChI=1S/C8H9N2O4S/c1-14-7(11)5-15-8-6(10(12)13)3-2-4-9-8/h2-4,12H,5H2,1H3/q-1. The van der Waals surface area contributed by atoms with E-state index in [2.05, 4.69) is 9.72 Å². The molecule has 0 radical (unpaired) electrons. The van der Waals surface area contributed by atoms with E-state index in [1.54, 1.807) is 0 Å². The summed E-state index contributed by atoms with van der Waals surface area (Å²) in [5.74, 6) is -0.388. The van der Waals surface area contributed by atoms with Gasteiger partial charge in [-0.2, -0.15) is 0 Å². The van der Waals surface area contributed by atoms with Gasteiger partial charge in [0.15, 0.2) is 0 Å². The molecule has 0 bridgehead atoms. The van der Waals surface area contributed by atoms with Gasteiger partial charge in [0.2, 0.25) is 0 Å². The van der Waals surface area contributed by atoms with E-state index >= 15 is 0 Å². The van der Waals surface area contributed by atoms with Crippen molar-refractivity contribution >= 4 is 23.4 Å². The third-order valence-corrected chi connectivity index (χ3v) is 2.48. The van der Waals surface area contributed by atoms with Gasteiger partial charge >= 0.3 is 5.97 Å². The Morgan fingerprint density at radius 3 is 3.13 bits per heavy atom. The normalized spacial score (nSPS) is 9.80. The molecule has 15 heavy (non-hydrogen) atoms. The van der Waals surface area contributed by atoms with Crippen LogP contribution in [0.4, 0.5) is 5.69 Å². The molecule has 1 N–H and O–H groups in total. The van der Waals surface area contributed by atoms with Gasteiger partial charge in [-0.1, -0.05) is 11.8 Å². The molecule has 82 valence electrons. The number of thioether (sulfide) groups is 1. The average molecular weight is 229 g/mol. The number of anilines is 1. The molecule has 0 amide bonds. The van der Waals surface area contributed by atoms with Crippen LogP contribution in [0.3, 0.4) is 0 Å². The Hall–Kier alpha value is -1.31. The first-order chi connectivity index (χ1) is 7.15. The number of hydrogen-bond donors (Lipinski definition) is 1. The molecule has 1 aromatic heterocycles. The molecule has 0 aliphatic heterocycles. The van der Waals surface area contributed by atoms with E-state index in [-0.39, 0.29) is 21.7 Å². The summed E-state index contributed by atoms with van der Waals surface area (Å²) in [7, 11) is 1.27. The fourth-order valence-corrected chi connectivity index (χ4v) is 1.63. The van der Waals surface area contributed by atoms with Crippen molar-refractivity contribution in [3.8, 4) is 0 Å². The summed E-state index contributed by atoms with van der Waals surface area (Å²) < 4.78 is 4.43. The van der Waals surface area contributed by atoms with Gasteiger partial charge in [-0.25, -0.2) is 4.98 Å². The van der Waals surface area contributed by atoms with Crippen LogP contribution in [0.2, 0.25) is 0 Å².